The van der Waals surface area contributed by atoms with Gasteiger partial charge in [0, 0.05) is 21.0 Å². The van der Waals surface area contributed by atoms with Crippen molar-refractivity contribution >= 4 is 40.8 Å². The highest BCUT2D eigenvalue weighted by molar-refractivity contribution is 6.35. The number of carbonyl (C=O) groups is 1. The lowest BCUT2D eigenvalue weighted by Crippen LogP contribution is -2.11. The molecule has 0 fully saturated rings. The first-order valence-corrected chi connectivity index (χ1v) is 10.6. The summed E-state index contributed by atoms with van der Waals surface area (Å²) < 4.78 is 7.23. The predicted octanol–water partition coefficient (Wildman–Crippen LogP) is 6.55. The number of halogens is 3. The van der Waals surface area contributed by atoms with Crippen LogP contribution in [0.4, 0.5) is 0 Å². The van der Waals surface area contributed by atoms with E-state index in [1.54, 1.807) is 42.5 Å². The summed E-state index contributed by atoms with van der Waals surface area (Å²) in [6.07, 6.45) is 0. The first kappa shape index (κ1) is 22.3. The summed E-state index contributed by atoms with van der Waals surface area (Å²) in [6.45, 7) is 5.73. The highest BCUT2D eigenvalue weighted by Gasteiger charge is 2.31. The van der Waals surface area contributed by atoms with E-state index in [9.17, 15) is 9.90 Å². The third-order valence-corrected chi connectivity index (χ3v) is 5.41. The lowest BCUT2D eigenvalue weighted by Gasteiger charge is -2.11. The van der Waals surface area contributed by atoms with E-state index < -0.39 is 11.4 Å². The number of rotatable bonds is 4. The quantitative estimate of drug-likeness (QED) is 0.348. The first-order valence-electron chi connectivity index (χ1n) is 9.48. The second-order valence-electron chi connectivity index (χ2n) is 8.05. The van der Waals surface area contributed by atoms with E-state index in [1.165, 1.54) is 4.68 Å². The van der Waals surface area contributed by atoms with Crippen molar-refractivity contribution in [2.45, 2.75) is 26.2 Å². The van der Waals surface area contributed by atoms with E-state index in [0.717, 1.165) is 0 Å². The number of aromatic nitrogens is 4. The Hall–Kier alpha value is -2.87. The fourth-order valence-electron chi connectivity index (χ4n) is 3.09. The van der Waals surface area contributed by atoms with Crippen LogP contribution in [0.15, 0.2) is 46.9 Å². The van der Waals surface area contributed by atoms with E-state index in [1.807, 2.05) is 20.8 Å². The van der Waals surface area contributed by atoms with E-state index in [2.05, 4.69) is 15.3 Å². The van der Waals surface area contributed by atoms with Crippen LogP contribution in [-0.4, -0.2) is 31.1 Å². The molecule has 0 spiro atoms. The van der Waals surface area contributed by atoms with Gasteiger partial charge in [-0.2, -0.15) is 5.10 Å². The molecule has 2 aromatic carbocycles. The van der Waals surface area contributed by atoms with Gasteiger partial charge in [0.05, 0.1) is 16.4 Å². The zero-order valence-corrected chi connectivity index (χ0v) is 19.5. The van der Waals surface area contributed by atoms with Crippen LogP contribution in [0.25, 0.3) is 28.5 Å². The Bertz CT molecular complexity index is 1320. The summed E-state index contributed by atoms with van der Waals surface area (Å²) >= 11 is 18.5. The van der Waals surface area contributed by atoms with Gasteiger partial charge in [0.1, 0.15) is 5.56 Å². The molecule has 0 radical (unpaired) electrons. The van der Waals surface area contributed by atoms with Gasteiger partial charge in [-0.15, -0.1) is 10.2 Å². The fraction of sp³-hybridized carbons (Fsp3) is 0.182. The molecule has 1 N–H and O–H groups in total. The minimum Gasteiger partial charge on any atom is -0.478 e. The molecule has 2 heterocycles. The van der Waals surface area contributed by atoms with Crippen LogP contribution in [0.5, 0.6) is 0 Å². The van der Waals surface area contributed by atoms with Gasteiger partial charge in [0.15, 0.2) is 5.69 Å². The van der Waals surface area contributed by atoms with Crippen molar-refractivity contribution in [3.63, 3.8) is 0 Å². The molecule has 0 aliphatic rings. The molecular formula is C22H17Cl3N4O3. The Morgan fingerprint density at radius 3 is 2.22 bits per heavy atom. The van der Waals surface area contributed by atoms with Gasteiger partial charge >= 0.3 is 5.97 Å². The maximum Gasteiger partial charge on any atom is 0.340 e. The predicted molar refractivity (Wildman–Crippen MR) is 123 cm³/mol. The molecule has 0 aliphatic carbocycles. The largest absolute Gasteiger partial charge is 0.478 e. The van der Waals surface area contributed by atoms with Crippen molar-refractivity contribution in [2.75, 3.05) is 0 Å². The smallest absolute Gasteiger partial charge is 0.340 e. The van der Waals surface area contributed by atoms with Crippen LogP contribution in [0, 0.1) is 0 Å². The molecular weight excluding hydrogens is 475 g/mol. The van der Waals surface area contributed by atoms with Crippen molar-refractivity contribution in [2.24, 2.45) is 0 Å². The summed E-state index contributed by atoms with van der Waals surface area (Å²) in [5, 5.41) is 24.0. The van der Waals surface area contributed by atoms with Gasteiger partial charge in [0.2, 0.25) is 5.89 Å². The van der Waals surface area contributed by atoms with Crippen LogP contribution in [-0.2, 0) is 5.41 Å². The second kappa shape index (κ2) is 8.24. The van der Waals surface area contributed by atoms with Crippen molar-refractivity contribution < 1.29 is 14.3 Å². The summed E-state index contributed by atoms with van der Waals surface area (Å²) in [6, 6.07) is 11.6. The van der Waals surface area contributed by atoms with Crippen LogP contribution in [0.3, 0.4) is 0 Å². The minimum atomic E-state index is -1.21. The maximum absolute atomic E-state index is 12.4. The number of nitrogens with zero attached hydrogens (tertiary/aromatic N) is 4. The molecule has 0 unspecified atom stereocenters. The molecule has 0 bridgehead atoms. The molecule has 0 amide bonds. The van der Waals surface area contributed by atoms with Gasteiger partial charge in [0.25, 0.3) is 5.89 Å². The number of aromatic carboxylic acids is 1. The van der Waals surface area contributed by atoms with Gasteiger partial charge in [-0.25, -0.2) is 9.48 Å². The summed E-state index contributed by atoms with van der Waals surface area (Å²) in [5.41, 5.74) is 0.774. The van der Waals surface area contributed by atoms with Gasteiger partial charge < -0.3 is 9.52 Å². The standard InChI is InChI=1S/C22H17Cl3N4O3/c1-22(2,3)21-27-26-19(32-21)17-16(20(30)31)18(11-4-6-12(23)7-5-11)29(28-17)15-9-8-13(24)10-14(15)25/h4-10H,1-3H3,(H,30,31). The Labute approximate surface area is 198 Å². The van der Waals surface area contributed by atoms with E-state index in [-0.39, 0.29) is 22.8 Å². The fourth-order valence-corrected chi connectivity index (χ4v) is 3.71. The zero-order chi connectivity index (χ0) is 23.2. The highest BCUT2D eigenvalue weighted by Crippen LogP contribution is 2.37. The first-order chi connectivity index (χ1) is 15.1. The van der Waals surface area contributed by atoms with Gasteiger partial charge in [-0.05, 0) is 30.3 Å². The Morgan fingerprint density at radius 1 is 1.00 bits per heavy atom. The SMILES string of the molecule is CC(C)(C)c1nnc(-c2nn(-c3ccc(Cl)cc3Cl)c(-c3ccc(Cl)cc3)c2C(=O)O)o1. The molecule has 4 rings (SSSR count). The van der Waals surface area contributed by atoms with Crippen LogP contribution in [0.1, 0.15) is 37.0 Å². The van der Waals surface area contributed by atoms with Crippen LogP contribution in [0.2, 0.25) is 15.1 Å². The van der Waals surface area contributed by atoms with Gasteiger partial charge in [-0.1, -0.05) is 67.7 Å². The van der Waals surface area contributed by atoms with E-state index in [4.69, 9.17) is 39.2 Å². The maximum atomic E-state index is 12.4. The van der Waals surface area contributed by atoms with Crippen molar-refractivity contribution in [1.82, 2.24) is 20.0 Å². The Balaban J connectivity index is 2.04. The molecule has 0 atom stereocenters. The normalized spacial score (nSPS) is 11.7. The number of hydrogen-bond acceptors (Lipinski definition) is 5. The highest BCUT2D eigenvalue weighted by atomic mass is 35.5. The topological polar surface area (TPSA) is 94.0 Å². The van der Waals surface area contributed by atoms with Crippen molar-refractivity contribution in [1.29, 1.82) is 0 Å². The zero-order valence-electron chi connectivity index (χ0n) is 17.2. The van der Waals surface area contributed by atoms with Crippen LogP contribution < -0.4 is 0 Å². The summed E-state index contributed by atoms with van der Waals surface area (Å²) in [7, 11) is 0. The van der Waals surface area contributed by atoms with Gasteiger partial charge in [-0.3, -0.25) is 0 Å². The molecule has 4 aromatic rings. The number of carboxylic acids is 1. The summed E-state index contributed by atoms with van der Waals surface area (Å²) in [5.74, 6) is -0.862. The Kier molecular flexibility index (Phi) is 5.75. The third-order valence-electron chi connectivity index (χ3n) is 4.62. The molecule has 10 heteroatoms. The molecule has 164 valence electrons. The lowest BCUT2D eigenvalue weighted by molar-refractivity contribution is 0.0698. The minimum absolute atomic E-state index is 0.00799. The van der Waals surface area contributed by atoms with E-state index >= 15 is 0 Å². The monoisotopic (exact) mass is 490 g/mol. The van der Waals surface area contributed by atoms with Crippen molar-refractivity contribution in [3.05, 3.63) is 69.0 Å². The average Bonchev–Trinajstić information content (AvgIpc) is 3.33. The Morgan fingerprint density at radius 2 is 1.66 bits per heavy atom. The van der Waals surface area contributed by atoms with E-state index in [0.29, 0.717) is 32.2 Å². The molecule has 7 nitrogen and oxygen atoms in total. The second-order valence-corrected chi connectivity index (χ2v) is 9.33. The van der Waals surface area contributed by atoms with Crippen molar-refractivity contribution in [3.8, 4) is 28.5 Å². The average molecular weight is 492 g/mol. The lowest BCUT2D eigenvalue weighted by atomic mass is 9.97. The summed E-state index contributed by atoms with van der Waals surface area (Å²) in [4.78, 5) is 12.4. The van der Waals surface area contributed by atoms with Crippen LogP contribution >= 0.6 is 34.8 Å². The molecule has 2 aromatic heterocycles. The number of hydrogen-bond donors (Lipinski definition) is 1. The third kappa shape index (κ3) is 4.11. The number of benzene rings is 2. The molecule has 0 aliphatic heterocycles. The molecule has 0 saturated heterocycles. The molecule has 0 saturated carbocycles. The number of carboxylic acid groups (broad SMARTS) is 1. The molecule has 32 heavy (non-hydrogen) atoms.